The minimum Gasteiger partial charge on any atom is -0.494 e. The molecule has 0 spiro atoms. The molecule has 0 radical (unpaired) electrons. The van der Waals surface area contributed by atoms with Gasteiger partial charge in [0.15, 0.2) is 6.54 Å². The third-order valence-electron chi connectivity index (χ3n) is 3.65. The number of quaternary nitrogens is 1. The highest BCUT2D eigenvalue weighted by atomic mass is 16.5. The molecule has 2 rings (SSSR count). The van der Waals surface area contributed by atoms with Crippen LogP contribution < -0.4 is 19.7 Å². The lowest BCUT2D eigenvalue weighted by Gasteiger charge is -2.14. The van der Waals surface area contributed by atoms with Crippen LogP contribution in [0.25, 0.3) is 0 Å². The molecule has 134 valence electrons. The molecule has 0 aliphatic carbocycles. The van der Waals surface area contributed by atoms with Gasteiger partial charge in [0.05, 0.1) is 20.3 Å². The molecule has 0 heterocycles. The molecule has 2 N–H and O–H groups in total. The normalized spacial score (nSPS) is 11.6. The highest BCUT2D eigenvalue weighted by molar-refractivity contribution is 5.91. The molecule has 0 bridgehead atoms. The van der Waals surface area contributed by atoms with Gasteiger partial charge >= 0.3 is 0 Å². The second-order valence-electron chi connectivity index (χ2n) is 5.89. The maximum atomic E-state index is 12.2. The second-order valence-corrected chi connectivity index (χ2v) is 5.89. The summed E-state index contributed by atoms with van der Waals surface area (Å²) in [5.74, 6) is 1.67. The Labute approximate surface area is 149 Å². The minimum absolute atomic E-state index is 0.00686. The van der Waals surface area contributed by atoms with Crippen LogP contribution in [0.3, 0.4) is 0 Å². The molecule has 5 heteroatoms. The van der Waals surface area contributed by atoms with Crippen molar-refractivity contribution in [2.45, 2.75) is 20.4 Å². The standard InChI is InChI=1S/C20H26N2O3/c1-4-24-18-10-6-16(7-11-18)14-22(3)15-20(23)21-17-8-12-19(13-9-17)25-5-2/h6-13H,4-5,14-15H2,1-3H3,(H,21,23)/p+1. The number of likely N-dealkylation sites (N-methyl/N-ethyl adjacent to an activating group) is 1. The number of hydrogen-bond acceptors (Lipinski definition) is 3. The van der Waals surface area contributed by atoms with Crippen molar-refractivity contribution in [1.29, 1.82) is 0 Å². The van der Waals surface area contributed by atoms with Crippen LogP contribution in [0.2, 0.25) is 0 Å². The summed E-state index contributed by atoms with van der Waals surface area (Å²) in [6.07, 6.45) is 0. The summed E-state index contributed by atoms with van der Waals surface area (Å²) in [7, 11) is 2.01. The number of carbonyl (C=O) groups excluding carboxylic acids is 1. The Bertz CT molecular complexity index is 654. The van der Waals surface area contributed by atoms with Crippen LogP contribution in [0, 0.1) is 0 Å². The van der Waals surface area contributed by atoms with Crippen LogP contribution >= 0.6 is 0 Å². The highest BCUT2D eigenvalue weighted by Gasteiger charge is 2.11. The predicted octanol–water partition coefficient (Wildman–Crippen LogP) is 2.14. The lowest BCUT2D eigenvalue weighted by atomic mass is 10.2. The molecule has 5 nitrogen and oxygen atoms in total. The Morgan fingerprint density at radius 2 is 1.44 bits per heavy atom. The molecule has 2 aromatic carbocycles. The SMILES string of the molecule is CCOc1ccc(C[NH+](C)CC(=O)Nc2ccc(OCC)cc2)cc1. The topological polar surface area (TPSA) is 52.0 Å². The zero-order valence-corrected chi connectivity index (χ0v) is 15.2. The van der Waals surface area contributed by atoms with Crippen molar-refractivity contribution < 1.29 is 19.2 Å². The van der Waals surface area contributed by atoms with Gasteiger partial charge in [0.2, 0.25) is 0 Å². The maximum Gasteiger partial charge on any atom is 0.279 e. The van der Waals surface area contributed by atoms with Crippen LogP contribution in [0.4, 0.5) is 5.69 Å². The van der Waals surface area contributed by atoms with E-state index in [-0.39, 0.29) is 5.91 Å². The van der Waals surface area contributed by atoms with Crippen molar-refractivity contribution in [3.63, 3.8) is 0 Å². The Morgan fingerprint density at radius 1 is 0.920 bits per heavy atom. The molecule has 0 fully saturated rings. The Hall–Kier alpha value is -2.53. The van der Waals surface area contributed by atoms with E-state index in [1.807, 2.05) is 69.4 Å². The van der Waals surface area contributed by atoms with E-state index in [0.29, 0.717) is 19.8 Å². The highest BCUT2D eigenvalue weighted by Crippen LogP contribution is 2.15. The van der Waals surface area contributed by atoms with Crippen molar-refractivity contribution in [3.8, 4) is 11.5 Å². The largest absolute Gasteiger partial charge is 0.494 e. The molecule has 1 unspecified atom stereocenters. The van der Waals surface area contributed by atoms with E-state index in [4.69, 9.17) is 9.47 Å². The molecule has 1 atom stereocenters. The van der Waals surface area contributed by atoms with Crippen LogP contribution in [0.1, 0.15) is 19.4 Å². The van der Waals surface area contributed by atoms with Crippen molar-refractivity contribution in [2.75, 3.05) is 32.1 Å². The van der Waals surface area contributed by atoms with Gasteiger partial charge in [0.1, 0.15) is 18.0 Å². The molecule has 2 aromatic rings. The van der Waals surface area contributed by atoms with Crippen molar-refractivity contribution >= 4 is 11.6 Å². The summed E-state index contributed by atoms with van der Waals surface area (Å²) in [5, 5.41) is 2.92. The quantitative estimate of drug-likeness (QED) is 0.733. The van der Waals surface area contributed by atoms with Crippen molar-refractivity contribution in [2.24, 2.45) is 0 Å². The first-order chi connectivity index (χ1) is 12.1. The summed E-state index contributed by atoms with van der Waals surface area (Å²) >= 11 is 0. The number of carbonyl (C=O) groups is 1. The average molecular weight is 343 g/mol. The van der Waals surface area contributed by atoms with Gasteiger partial charge in [-0.15, -0.1) is 0 Å². The number of ether oxygens (including phenoxy) is 2. The van der Waals surface area contributed by atoms with Gasteiger partial charge in [-0.2, -0.15) is 0 Å². The van der Waals surface area contributed by atoms with Gasteiger partial charge in [-0.05, 0) is 62.4 Å². The molecule has 1 amide bonds. The van der Waals surface area contributed by atoms with Gasteiger partial charge in [-0.1, -0.05) is 0 Å². The monoisotopic (exact) mass is 343 g/mol. The van der Waals surface area contributed by atoms with Crippen LogP contribution in [0.15, 0.2) is 48.5 Å². The van der Waals surface area contributed by atoms with E-state index in [2.05, 4.69) is 5.32 Å². The Balaban J connectivity index is 1.80. The third kappa shape index (κ3) is 6.47. The number of amides is 1. The molecule has 0 aliphatic rings. The molecule has 25 heavy (non-hydrogen) atoms. The van der Waals surface area contributed by atoms with Gasteiger partial charge < -0.3 is 19.7 Å². The summed E-state index contributed by atoms with van der Waals surface area (Å²) in [5.41, 5.74) is 1.96. The summed E-state index contributed by atoms with van der Waals surface area (Å²) in [6.45, 7) is 6.39. The molecule has 0 aliphatic heterocycles. The van der Waals surface area contributed by atoms with Gasteiger partial charge in [-0.3, -0.25) is 4.79 Å². The van der Waals surface area contributed by atoms with E-state index in [9.17, 15) is 4.79 Å². The van der Waals surface area contributed by atoms with Crippen LogP contribution in [0.5, 0.6) is 11.5 Å². The van der Waals surface area contributed by atoms with Crippen LogP contribution in [-0.2, 0) is 11.3 Å². The summed E-state index contributed by atoms with van der Waals surface area (Å²) in [4.78, 5) is 13.3. The van der Waals surface area contributed by atoms with Gasteiger partial charge in [0, 0.05) is 11.3 Å². The van der Waals surface area contributed by atoms with E-state index < -0.39 is 0 Å². The summed E-state index contributed by atoms with van der Waals surface area (Å²) in [6, 6.07) is 15.4. The average Bonchev–Trinajstić information content (AvgIpc) is 2.59. The lowest BCUT2D eigenvalue weighted by molar-refractivity contribution is -0.885. The smallest absolute Gasteiger partial charge is 0.279 e. The lowest BCUT2D eigenvalue weighted by Crippen LogP contribution is -3.08. The number of benzene rings is 2. The first-order valence-corrected chi connectivity index (χ1v) is 8.66. The molecule has 0 aromatic heterocycles. The van der Waals surface area contributed by atoms with E-state index in [1.165, 1.54) is 5.56 Å². The zero-order valence-electron chi connectivity index (χ0n) is 15.2. The van der Waals surface area contributed by atoms with Crippen LogP contribution in [-0.4, -0.2) is 32.7 Å². The fourth-order valence-corrected chi connectivity index (χ4v) is 2.56. The molecular weight excluding hydrogens is 316 g/mol. The first kappa shape index (κ1) is 18.8. The Morgan fingerprint density at radius 3 is 1.96 bits per heavy atom. The fourth-order valence-electron chi connectivity index (χ4n) is 2.56. The number of nitrogens with one attached hydrogen (secondary N) is 2. The van der Waals surface area contributed by atoms with E-state index in [0.717, 1.165) is 28.6 Å². The van der Waals surface area contributed by atoms with Crippen molar-refractivity contribution in [3.05, 3.63) is 54.1 Å². The third-order valence-corrected chi connectivity index (χ3v) is 3.65. The molecular formula is C20H27N2O3+. The molecule has 0 saturated carbocycles. The Kier molecular flexibility index (Phi) is 7.29. The van der Waals surface area contributed by atoms with Crippen molar-refractivity contribution in [1.82, 2.24) is 0 Å². The number of hydrogen-bond donors (Lipinski definition) is 2. The number of anilines is 1. The minimum atomic E-state index is -0.00686. The predicted molar refractivity (Wildman–Crippen MR) is 99.3 cm³/mol. The first-order valence-electron chi connectivity index (χ1n) is 8.66. The summed E-state index contributed by atoms with van der Waals surface area (Å²) < 4.78 is 10.8. The second kappa shape index (κ2) is 9.69. The van der Waals surface area contributed by atoms with Gasteiger partial charge in [0.25, 0.3) is 5.91 Å². The van der Waals surface area contributed by atoms with E-state index >= 15 is 0 Å². The van der Waals surface area contributed by atoms with Gasteiger partial charge in [-0.25, -0.2) is 0 Å². The van der Waals surface area contributed by atoms with E-state index in [1.54, 1.807) is 0 Å². The molecule has 0 saturated heterocycles. The number of rotatable bonds is 9. The maximum absolute atomic E-state index is 12.2. The zero-order chi connectivity index (χ0) is 18.1. The fraction of sp³-hybridized carbons (Fsp3) is 0.350.